The highest BCUT2D eigenvalue weighted by atomic mass is 19.2. The molecule has 2 aromatic rings. The average molecular weight is 292 g/mol. The minimum absolute atomic E-state index is 0.0648. The fourth-order valence-electron chi connectivity index (χ4n) is 1.69. The monoisotopic (exact) mass is 292 g/mol. The van der Waals surface area contributed by atoms with Gasteiger partial charge in [-0.25, -0.2) is 4.39 Å². The normalized spacial score (nSPS) is 11.5. The largest absolute Gasteiger partial charge is 0.452 e. The van der Waals surface area contributed by atoms with Crippen LogP contribution in [-0.4, -0.2) is 10.5 Å². The Morgan fingerprint density at radius 3 is 2.62 bits per heavy atom. The standard InChI is InChI=1S/C16H18F2N2O/c1-16(2,3)20-9-11-7-8-19-10-14(11)21-13-6-4-5-12(17)15(13)18/h4-8,10,20H,9H2,1-3H3. The number of nitrogens with zero attached hydrogens (tertiary/aromatic N) is 1. The van der Waals surface area contributed by atoms with Gasteiger partial charge < -0.3 is 10.1 Å². The molecule has 3 nitrogen and oxygen atoms in total. The first-order chi connectivity index (χ1) is 9.87. The van der Waals surface area contributed by atoms with Gasteiger partial charge in [0.1, 0.15) is 5.75 Å². The van der Waals surface area contributed by atoms with Crippen LogP contribution >= 0.6 is 0 Å². The van der Waals surface area contributed by atoms with Gasteiger partial charge in [0, 0.05) is 23.8 Å². The third-order valence-electron chi connectivity index (χ3n) is 2.82. The molecule has 5 heteroatoms. The van der Waals surface area contributed by atoms with Crippen LogP contribution in [0.25, 0.3) is 0 Å². The zero-order chi connectivity index (χ0) is 15.5. The fourth-order valence-corrected chi connectivity index (χ4v) is 1.69. The van der Waals surface area contributed by atoms with Gasteiger partial charge in [-0.2, -0.15) is 4.39 Å². The zero-order valence-electron chi connectivity index (χ0n) is 12.3. The summed E-state index contributed by atoms with van der Waals surface area (Å²) in [6, 6.07) is 5.61. The first kappa shape index (κ1) is 15.4. The molecule has 0 bridgehead atoms. The Bertz CT molecular complexity index is 624. The van der Waals surface area contributed by atoms with Gasteiger partial charge in [-0.1, -0.05) is 6.07 Å². The number of ether oxygens (including phenoxy) is 1. The van der Waals surface area contributed by atoms with Gasteiger partial charge >= 0.3 is 0 Å². The molecule has 0 atom stereocenters. The van der Waals surface area contributed by atoms with Crippen molar-refractivity contribution in [1.29, 1.82) is 0 Å². The fraction of sp³-hybridized carbons (Fsp3) is 0.312. The zero-order valence-corrected chi connectivity index (χ0v) is 12.3. The van der Waals surface area contributed by atoms with Crippen LogP contribution in [0.3, 0.4) is 0 Å². The lowest BCUT2D eigenvalue weighted by Gasteiger charge is -2.21. The second-order valence-corrected chi connectivity index (χ2v) is 5.74. The number of hydrogen-bond acceptors (Lipinski definition) is 3. The quantitative estimate of drug-likeness (QED) is 0.923. The van der Waals surface area contributed by atoms with Gasteiger partial charge in [-0.15, -0.1) is 0 Å². The molecule has 0 aliphatic rings. The Hall–Kier alpha value is -2.01. The molecule has 112 valence electrons. The summed E-state index contributed by atoms with van der Waals surface area (Å²) in [4.78, 5) is 3.97. The first-order valence-corrected chi connectivity index (χ1v) is 6.66. The molecule has 1 N–H and O–H groups in total. The van der Waals surface area contributed by atoms with Crippen LogP contribution in [0.1, 0.15) is 26.3 Å². The van der Waals surface area contributed by atoms with Crippen LogP contribution in [0.4, 0.5) is 8.78 Å². The van der Waals surface area contributed by atoms with Gasteiger partial charge in [-0.05, 0) is 39.0 Å². The van der Waals surface area contributed by atoms with Gasteiger partial charge in [-0.3, -0.25) is 4.98 Å². The van der Waals surface area contributed by atoms with E-state index in [9.17, 15) is 8.78 Å². The van der Waals surface area contributed by atoms with Crippen molar-refractivity contribution >= 4 is 0 Å². The van der Waals surface area contributed by atoms with Gasteiger partial charge in [0.2, 0.25) is 5.82 Å². The van der Waals surface area contributed by atoms with Crippen LogP contribution in [0.5, 0.6) is 11.5 Å². The highest BCUT2D eigenvalue weighted by molar-refractivity contribution is 5.36. The topological polar surface area (TPSA) is 34.2 Å². The molecule has 0 fully saturated rings. The number of aromatic nitrogens is 1. The van der Waals surface area contributed by atoms with Crippen LogP contribution in [0.2, 0.25) is 0 Å². The van der Waals surface area contributed by atoms with E-state index in [-0.39, 0.29) is 11.3 Å². The lowest BCUT2D eigenvalue weighted by molar-refractivity contribution is 0.397. The molecule has 0 aliphatic heterocycles. The molecule has 0 saturated heterocycles. The van der Waals surface area contributed by atoms with Crippen LogP contribution in [0.15, 0.2) is 36.7 Å². The molecule has 21 heavy (non-hydrogen) atoms. The molecule has 0 radical (unpaired) electrons. The Labute approximate surface area is 123 Å². The van der Waals surface area contributed by atoms with Crippen molar-refractivity contribution < 1.29 is 13.5 Å². The van der Waals surface area contributed by atoms with Crippen molar-refractivity contribution in [3.63, 3.8) is 0 Å². The highest BCUT2D eigenvalue weighted by Gasteiger charge is 2.14. The number of halogens is 2. The summed E-state index contributed by atoms with van der Waals surface area (Å²) in [5.41, 5.74) is 0.758. The number of hydrogen-bond donors (Lipinski definition) is 1. The number of rotatable bonds is 4. The minimum Gasteiger partial charge on any atom is -0.452 e. The number of nitrogens with one attached hydrogen (secondary N) is 1. The summed E-state index contributed by atoms with van der Waals surface area (Å²) in [6.07, 6.45) is 3.12. The summed E-state index contributed by atoms with van der Waals surface area (Å²) < 4.78 is 32.3. The van der Waals surface area contributed by atoms with E-state index in [0.717, 1.165) is 11.6 Å². The van der Waals surface area contributed by atoms with Crippen molar-refractivity contribution in [1.82, 2.24) is 10.3 Å². The van der Waals surface area contributed by atoms with Crippen LogP contribution in [-0.2, 0) is 6.54 Å². The molecule has 0 unspecified atom stereocenters. The molecule has 1 heterocycles. The summed E-state index contributed by atoms with van der Waals surface area (Å²) in [5, 5.41) is 3.31. The molecule has 0 amide bonds. The van der Waals surface area contributed by atoms with Crippen molar-refractivity contribution in [2.75, 3.05) is 0 Å². The second-order valence-electron chi connectivity index (χ2n) is 5.74. The van der Waals surface area contributed by atoms with Crippen LogP contribution in [0, 0.1) is 11.6 Å². The molecular formula is C16H18F2N2O. The molecule has 0 aliphatic carbocycles. The number of pyridine rings is 1. The van der Waals surface area contributed by atoms with Gasteiger partial charge in [0.05, 0.1) is 6.20 Å². The van der Waals surface area contributed by atoms with Crippen molar-refractivity contribution in [2.45, 2.75) is 32.9 Å². The molecule has 2 rings (SSSR count). The Morgan fingerprint density at radius 2 is 1.90 bits per heavy atom. The van der Waals surface area contributed by atoms with E-state index in [0.29, 0.717) is 12.3 Å². The summed E-state index contributed by atoms with van der Waals surface area (Å²) in [7, 11) is 0. The Kier molecular flexibility index (Phi) is 4.53. The summed E-state index contributed by atoms with van der Waals surface area (Å²) in [5.74, 6) is -1.69. The van der Waals surface area contributed by atoms with E-state index < -0.39 is 11.6 Å². The smallest absolute Gasteiger partial charge is 0.201 e. The maximum absolute atomic E-state index is 13.7. The summed E-state index contributed by atoms with van der Waals surface area (Å²) in [6.45, 7) is 6.67. The van der Waals surface area contributed by atoms with E-state index in [2.05, 4.69) is 10.3 Å². The lowest BCUT2D eigenvalue weighted by atomic mass is 10.1. The summed E-state index contributed by atoms with van der Waals surface area (Å²) >= 11 is 0. The first-order valence-electron chi connectivity index (χ1n) is 6.66. The SMILES string of the molecule is CC(C)(C)NCc1ccncc1Oc1cccc(F)c1F. The van der Waals surface area contributed by atoms with E-state index >= 15 is 0 Å². The van der Waals surface area contributed by atoms with Crippen molar-refractivity contribution in [2.24, 2.45) is 0 Å². The molecular weight excluding hydrogens is 274 g/mol. The maximum Gasteiger partial charge on any atom is 0.201 e. The molecule has 0 saturated carbocycles. The van der Waals surface area contributed by atoms with Crippen molar-refractivity contribution in [3.8, 4) is 11.5 Å². The molecule has 0 spiro atoms. The average Bonchev–Trinajstić information content (AvgIpc) is 2.42. The maximum atomic E-state index is 13.7. The number of benzene rings is 1. The van der Waals surface area contributed by atoms with Crippen LogP contribution < -0.4 is 10.1 Å². The third-order valence-corrected chi connectivity index (χ3v) is 2.82. The van der Waals surface area contributed by atoms with Crippen molar-refractivity contribution in [3.05, 3.63) is 53.9 Å². The lowest BCUT2D eigenvalue weighted by Crippen LogP contribution is -2.35. The van der Waals surface area contributed by atoms with E-state index in [4.69, 9.17) is 4.74 Å². The van der Waals surface area contributed by atoms with E-state index in [1.807, 2.05) is 20.8 Å². The molecule has 1 aromatic carbocycles. The predicted molar refractivity (Wildman–Crippen MR) is 77.3 cm³/mol. The Balaban J connectivity index is 2.22. The molecule has 1 aromatic heterocycles. The third kappa shape index (κ3) is 4.23. The second kappa shape index (κ2) is 6.18. The highest BCUT2D eigenvalue weighted by Crippen LogP contribution is 2.28. The minimum atomic E-state index is -1.00. The van der Waals surface area contributed by atoms with E-state index in [1.165, 1.54) is 18.3 Å². The predicted octanol–water partition coefficient (Wildman–Crippen LogP) is 4.04. The van der Waals surface area contributed by atoms with Gasteiger partial charge in [0.15, 0.2) is 11.6 Å². The Morgan fingerprint density at radius 1 is 1.14 bits per heavy atom. The van der Waals surface area contributed by atoms with Gasteiger partial charge in [0.25, 0.3) is 0 Å². The van der Waals surface area contributed by atoms with E-state index in [1.54, 1.807) is 12.3 Å².